The molecule has 1 aliphatic heterocycles. The topological polar surface area (TPSA) is 60.4 Å². The van der Waals surface area contributed by atoms with Gasteiger partial charge in [-0.2, -0.15) is 0 Å². The van der Waals surface area contributed by atoms with Crippen LogP contribution in [0.4, 0.5) is 4.39 Å². The van der Waals surface area contributed by atoms with Crippen molar-refractivity contribution in [2.24, 2.45) is 0 Å². The van der Waals surface area contributed by atoms with Gasteiger partial charge >= 0.3 is 0 Å². The van der Waals surface area contributed by atoms with Crippen LogP contribution in [0.5, 0.6) is 0 Å². The molecule has 0 unspecified atom stereocenters. The van der Waals surface area contributed by atoms with Crippen molar-refractivity contribution in [3.05, 3.63) is 40.6 Å². The molecule has 1 heterocycles. The summed E-state index contributed by atoms with van der Waals surface area (Å²) < 4.78 is 13.9. The number of amides is 1. The van der Waals surface area contributed by atoms with Crippen molar-refractivity contribution >= 4 is 46.3 Å². The molecule has 7 heteroatoms. The Labute approximate surface area is 143 Å². The van der Waals surface area contributed by atoms with Gasteiger partial charge in [-0.1, -0.05) is 61.9 Å². The van der Waals surface area contributed by atoms with E-state index in [0.29, 0.717) is 6.42 Å². The van der Waals surface area contributed by atoms with Gasteiger partial charge in [-0.15, -0.1) is 0 Å². The first-order valence-electron chi connectivity index (χ1n) is 7.18. The highest BCUT2D eigenvalue weighted by Gasteiger charge is 2.37. The molecule has 0 aromatic heterocycles. The van der Waals surface area contributed by atoms with Gasteiger partial charge < -0.3 is 9.90 Å². The third kappa shape index (κ3) is 3.97. The smallest absolute Gasteiger partial charge is 0.266 e. The highest BCUT2D eigenvalue weighted by molar-refractivity contribution is 8.26. The number of benzene rings is 1. The van der Waals surface area contributed by atoms with Crippen LogP contribution in [0.2, 0.25) is 0 Å². The molecular weight excluding hydrogens is 337 g/mol. The monoisotopic (exact) mass is 352 g/mol. The van der Waals surface area contributed by atoms with Crippen LogP contribution in [0.3, 0.4) is 0 Å². The molecule has 0 aliphatic carbocycles. The lowest BCUT2D eigenvalue weighted by molar-refractivity contribution is -0.310. The fraction of sp³-hybridized carbons (Fsp3) is 0.312. The van der Waals surface area contributed by atoms with Crippen LogP contribution in [0, 0.1) is 5.82 Å². The zero-order valence-electron chi connectivity index (χ0n) is 12.5. The van der Waals surface area contributed by atoms with Gasteiger partial charge in [0.05, 0.1) is 16.9 Å². The van der Waals surface area contributed by atoms with Gasteiger partial charge in [-0.3, -0.25) is 9.69 Å². The van der Waals surface area contributed by atoms with E-state index in [1.165, 1.54) is 18.2 Å². The average Bonchev–Trinajstić information content (AvgIpc) is 2.77. The predicted molar refractivity (Wildman–Crippen MR) is 89.7 cm³/mol. The summed E-state index contributed by atoms with van der Waals surface area (Å²) in [5.74, 6) is -2.31. The van der Waals surface area contributed by atoms with E-state index in [1.807, 2.05) is 6.92 Å². The number of aliphatic carboxylic acids is 1. The molecule has 1 fully saturated rings. The summed E-state index contributed by atoms with van der Waals surface area (Å²) in [6, 6.07) is 4.94. The molecule has 0 radical (unpaired) electrons. The average molecular weight is 352 g/mol. The summed E-state index contributed by atoms with van der Waals surface area (Å²) in [7, 11) is 0. The van der Waals surface area contributed by atoms with E-state index in [4.69, 9.17) is 12.2 Å². The minimum absolute atomic E-state index is 0.155. The first-order valence-corrected chi connectivity index (χ1v) is 8.40. The van der Waals surface area contributed by atoms with Crippen LogP contribution in [0.1, 0.15) is 31.7 Å². The summed E-state index contributed by atoms with van der Waals surface area (Å²) in [5.41, 5.74) is 0.256. The Morgan fingerprint density at radius 2 is 2.17 bits per heavy atom. The third-order valence-corrected chi connectivity index (χ3v) is 4.76. The Morgan fingerprint density at radius 3 is 2.78 bits per heavy atom. The van der Waals surface area contributed by atoms with Crippen LogP contribution in [-0.2, 0) is 9.59 Å². The highest BCUT2D eigenvalue weighted by Crippen LogP contribution is 2.35. The number of thiocarbonyl (C=S) groups is 1. The van der Waals surface area contributed by atoms with Crippen LogP contribution in [-0.4, -0.2) is 27.1 Å². The maximum Gasteiger partial charge on any atom is 0.266 e. The van der Waals surface area contributed by atoms with E-state index in [1.54, 1.807) is 12.1 Å². The van der Waals surface area contributed by atoms with Crippen molar-refractivity contribution < 1.29 is 19.1 Å². The van der Waals surface area contributed by atoms with E-state index in [0.717, 1.165) is 23.1 Å². The fourth-order valence-electron chi connectivity index (χ4n) is 2.23. The van der Waals surface area contributed by atoms with Crippen molar-refractivity contribution in [3.63, 3.8) is 0 Å². The number of carbonyl (C=O) groups excluding carboxylic acids is 2. The molecule has 1 saturated heterocycles. The molecule has 0 bridgehead atoms. The molecule has 1 aromatic rings. The SMILES string of the molecule is CCCC[C@H](C(=O)[O-])N1C(=O)/C(=C/c2ccccc2F)SC1=S. The highest BCUT2D eigenvalue weighted by atomic mass is 32.2. The molecule has 122 valence electrons. The van der Waals surface area contributed by atoms with Crippen LogP contribution in [0.25, 0.3) is 6.08 Å². The number of unbranched alkanes of at least 4 members (excludes halogenated alkanes) is 1. The van der Waals surface area contributed by atoms with Gasteiger partial charge in [-0.25, -0.2) is 4.39 Å². The summed E-state index contributed by atoms with van der Waals surface area (Å²) in [4.78, 5) is 25.1. The molecule has 4 nitrogen and oxygen atoms in total. The minimum Gasteiger partial charge on any atom is -0.548 e. The number of carboxylic acid groups (broad SMARTS) is 1. The molecule has 1 aromatic carbocycles. The third-order valence-electron chi connectivity index (χ3n) is 3.43. The Bertz CT molecular complexity index is 675. The number of carbonyl (C=O) groups is 2. The summed E-state index contributed by atoms with van der Waals surface area (Å²) >= 11 is 6.11. The van der Waals surface area contributed by atoms with Gasteiger partial charge in [-0.05, 0) is 18.6 Å². The largest absolute Gasteiger partial charge is 0.548 e. The number of hydrogen-bond acceptors (Lipinski definition) is 5. The Balaban J connectivity index is 2.29. The van der Waals surface area contributed by atoms with Crippen molar-refractivity contribution in [2.75, 3.05) is 0 Å². The van der Waals surface area contributed by atoms with E-state index >= 15 is 0 Å². The molecule has 0 N–H and O–H groups in total. The standard InChI is InChI=1S/C16H16FNO3S2/c1-2-3-8-12(15(20)21)18-14(19)13(23-16(18)22)9-10-6-4-5-7-11(10)17/h4-7,9,12H,2-3,8H2,1H3,(H,20,21)/p-1/b13-9-/t12-/m1/s1. The molecule has 23 heavy (non-hydrogen) atoms. The van der Waals surface area contributed by atoms with Crippen molar-refractivity contribution in [2.45, 2.75) is 32.2 Å². The molecule has 2 rings (SSSR count). The second-order valence-electron chi connectivity index (χ2n) is 5.05. The molecule has 0 spiro atoms. The van der Waals surface area contributed by atoms with Crippen molar-refractivity contribution in [1.29, 1.82) is 0 Å². The van der Waals surface area contributed by atoms with E-state index < -0.39 is 23.7 Å². The van der Waals surface area contributed by atoms with E-state index in [9.17, 15) is 19.1 Å². The molecule has 1 amide bonds. The Kier molecular flexibility index (Phi) is 5.90. The number of carboxylic acids is 1. The quantitative estimate of drug-likeness (QED) is 0.581. The molecule has 1 atom stereocenters. The zero-order valence-corrected chi connectivity index (χ0v) is 14.1. The van der Waals surface area contributed by atoms with Crippen LogP contribution < -0.4 is 5.11 Å². The summed E-state index contributed by atoms with van der Waals surface area (Å²) in [6.45, 7) is 1.93. The predicted octanol–water partition coefficient (Wildman–Crippen LogP) is 2.34. The fourth-order valence-corrected chi connectivity index (χ4v) is 3.58. The lowest BCUT2D eigenvalue weighted by atomic mass is 10.1. The van der Waals surface area contributed by atoms with Crippen LogP contribution in [0.15, 0.2) is 29.2 Å². The number of thioether (sulfide) groups is 1. The second-order valence-corrected chi connectivity index (χ2v) is 6.73. The lowest BCUT2D eigenvalue weighted by Gasteiger charge is -2.27. The van der Waals surface area contributed by atoms with Gasteiger partial charge in [0, 0.05) is 5.56 Å². The number of halogens is 1. The zero-order chi connectivity index (χ0) is 17.0. The van der Waals surface area contributed by atoms with Gasteiger partial charge in [0.15, 0.2) is 0 Å². The van der Waals surface area contributed by atoms with Gasteiger partial charge in [0.2, 0.25) is 0 Å². The van der Waals surface area contributed by atoms with Crippen molar-refractivity contribution in [3.8, 4) is 0 Å². The van der Waals surface area contributed by atoms with Crippen molar-refractivity contribution in [1.82, 2.24) is 4.90 Å². The van der Waals surface area contributed by atoms with Gasteiger partial charge in [0.1, 0.15) is 10.1 Å². The molecule has 0 saturated carbocycles. The summed E-state index contributed by atoms with van der Waals surface area (Å²) in [5, 5.41) is 11.3. The lowest BCUT2D eigenvalue weighted by Crippen LogP contribution is -2.49. The maximum atomic E-state index is 13.7. The number of rotatable bonds is 6. The van der Waals surface area contributed by atoms with E-state index in [-0.39, 0.29) is 21.2 Å². The Hall–Kier alpha value is -1.73. The number of nitrogens with zero attached hydrogens (tertiary/aromatic N) is 1. The van der Waals surface area contributed by atoms with Gasteiger partial charge in [0.25, 0.3) is 5.91 Å². The Morgan fingerprint density at radius 1 is 1.48 bits per heavy atom. The van der Waals surface area contributed by atoms with Crippen LogP contribution >= 0.6 is 24.0 Å². The molecule has 1 aliphatic rings. The first-order chi connectivity index (χ1) is 11.0. The second kappa shape index (κ2) is 7.70. The maximum absolute atomic E-state index is 13.7. The molecular formula is C16H15FNO3S2-. The normalized spacial score (nSPS) is 17.8. The minimum atomic E-state index is -1.33. The number of hydrogen-bond donors (Lipinski definition) is 0. The first kappa shape index (κ1) is 17.6. The van der Waals surface area contributed by atoms with E-state index in [2.05, 4.69) is 0 Å². The summed E-state index contributed by atoms with van der Waals surface area (Å²) in [6.07, 6.45) is 3.10.